The second kappa shape index (κ2) is 12.3. The summed E-state index contributed by atoms with van der Waals surface area (Å²) in [6.07, 6.45) is 1.64. The third kappa shape index (κ3) is 5.81. The van der Waals surface area contributed by atoms with Gasteiger partial charge >= 0.3 is 5.97 Å². The van der Waals surface area contributed by atoms with Crippen molar-refractivity contribution >= 4 is 40.8 Å². The predicted molar refractivity (Wildman–Crippen MR) is 166 cm³/mol. The molecule has 1 atom stereocenters. The number of ether oxygens (including phenoxy) is 2. The van der Waals surface area contributed by atoms with Crippen LogP contribution in [0.25, 0.3) is 11.8 Å². The zero-order chi connectivity index (χ0) is 30.8. The molecule has 1 aliphatic rings. The Bertz CT molecular complexity index is 2130. The molecular formula is C32H26N4O6S2. The van der Waals surface area contributed by atoms with Crippen molar-refractivity contribution in [2.24, 2.45) is 4.99 Å². The van der Waals surface area contributed by atoms with Gasteiger partial charge in [0, 0.05) is 23.4 Å². The molecule has 3 aromatic heterocycles. The van der Waals surface area contributed by atoms with Gasteiger partial charge in [0.25, 0.3) is 11.1 Å². The van der Waals surface area contributed by atoms with Crippen LogP contribution < -0.4 is 25.2 Å². The molecule has 0 amide bonds. The number of nitrogens with zero attached hydrogens (tertiary/aromatic N) is 3. The number of aromatic amines is 1. The van der Waals surface area contributed by atoms with E-state index >= 15 is 0 Å². The molecule has 4 heterocycles. The second-order valence-electron chi connectivity index (χ2n) is 9.66. The number of H-pyrrole nitrogens is 1. The normalized spacial score (nSPS) is 14.7. The quantitative estimate of drug-likeness (QED) is 0.202. The van der Waals surface area contributed by atoms with Crippen molar-refractivity contribution in [1.82, 2.24) is 14.5 Å². The lowest BCUT2D eigenvalue weighted by molar-refractivity contribution is -0.138. The van der Waals surface area contributed by atoms with Crippen LogP contribution in [0.3, 0.4) is 0 Å². The number of carbonyl (C=O) groups excluding carboxylic acids is 1. The van der Waals surface area contributed by atoms with E-state index in [2.05, 4.69) is 9.97 Å². The summed E-state index contributed by atoms with van der Waals surface area (Å²) in [5.74, 6) is 0.518. The Labute approximate surface area is 259 Å². The third-order valence-electron chi connectivity index (χ3n) is 6.73. The minimum atomic E-state index is -0.805. The van der Waals surface area contributed by atoms with E-state index in [4.69, 9.17) is 18.9 Å². The summed E-state index contributed by atoms with van der Waals surface area (Å²) in [6, 6.07) is 20.7. The highest BCUT2D eigenvalue weighted by molar-refractivity contribution is 7.99. The molecule has 0 radical (unpaired) electrons. The highest BCUT2D eigenvalue weighted by atomic mass is 32.2. The monoisotopic (exact) mass is 626 g/mol. The van der Waals surface area contributed by atoms with Crippen LogP contribution in [-0.4, -0.2) is 34.2 Å². The maximum Gasteiger partial charge on any atom is 0.338 e. The van der Waals surface area contributed by atoms with Gasteiger partial charge in [-0.25, -0.2) is 14.8 Å². The zero-order valence-corrected chi connectivity index (χ0v) is 25.5. The molecule has 10 nitrogen and oxygen atoms in total. The fourth-order valence-electron chi connectivity index (χ4n) is 4.83. The van der Waals surface area contributed by atoms with E-state index in [1.165, 1.54) is 33.7 Å². The second-order valence-corrected chi connectivity index (χ2v) is 11.7. The molecule has 0 spiro atoms. The molecule has 5 aromatic rings. The summed E-state index contributed by atoms with van der Waals surface area (Å²) in [5, 5.41) is 0.888. The summed E-state index contributed by atoms with van der Waals surface area (Å²) in [6.45, 7) is 3.64. The molecule has 0 aliphatic carbocycles. The van der Waals surface area contributed by atoms with Crippen LogP contribution in [0, 0.1) is 6.92 Å². The Balaban J connectivity index is 1.50. The van der Waals surface area contributed by atoms with Gasteiger partial charge in [0.2, 0.25) is 0 Å². The topological polar surface area (TPSA) is 129 Å². The number of fused-ring (bicyclic) bond motifs is 1. The van der Waals surface area contributed by atoms with Gasteiger partial charge in [-0.3, -0.25) is 14.2 Å². The zero-order valence-electron chi connectivity index (χ0n) is 23.9. The molecule has 1 aliphatic heterocycles. The molecule has 2 aromatic carbocycles. The molecule has 12 heteroatoms. The van der Waals surface area contributed by atoms with Crippen LogP contribution in [0.15, 0.2) is 108 Å². The van der Waals surface area contributed by atoms with Crippen molar-refractivity contribution < 1.29 is 18.7 Å². The number of carbonyl (C=O) groups is 1. The lowest BCUT2D eigenvalue weighted by Gasteiger charge is -2.26. The Morgan fingerprint density at radius 2 is 1.89 bits per heavy atom. The van der Waals surface area contributed by atoms with E-state index in [-0.39, 0.29) is 23.3 Å². The number of benzene rings is 2. The van der Waals surface area contributed by atoms with E-state index in [9.17, 15) is 14.4 Å². The Hall–Kier alpha value is -4.94. The number of methoxy groups -OCH3 is 1. The number of aryl methyl sites for hydroxylation is 1. The van der Waals surface area contributed by atoms with Gasteiger partial charge in [-0.05, 0) is 55.4 Å². The van der Waals surface area contributed by atoms with E-state index < -0.39 is 12.0 Å². The number of hydrogen-bond acceptors (Lipinski definition) is 10. The molecule has 0 saturated carbocycles. The van der Waals surface area contributed by atoms with Gasteiger partial charge in [0.15, 0.2) is 15.1 Å². The molecule has 0 bridgehead atoms. The number of nitrogens with one attached hydrogen (secondary N) is 1. The third-order valence-corrected chi connectivity index (χ3v) is 8.52. The SMILES string of the molecule is CCOC(=O)C1=C(c2ccccc2)N=c2s/c(=C/c3ccc(Sc4nc(C)cc(=O)[nH]4)o3)c(=O)n2[C@@H]1c1ccc(OC)cc1. The summed E-state index contributed by atoms with van der Waals surface area (Å²) >= 11 is 2.36. The number of hydrogen-bond donors (Lipinski definition) is 1. The first kappa shape index (κ1) is 29.1. The number of aromatic nitrogens is 3. The fraction of sp³-hybridized carbons (Fsp3) is 0.156. The minimum Gasteiger partial charge on any atom is -0.497 e. The Morgan fingerprint density at radius 3 is 2.59 bits per heavy atom. The number of esters is 1. The minimum absolute atomic E-state index is 0.162. The average Bonchev–Trinajstić information content (AvgIpc) is 3.59. The van der Waals surface area contributed by atoms with Crippen molar-refractivity contribution in [2.45, 2.75) is 30.1 Å². The molecule has 0 unspecified atom stereocenters. The van der Waals surface area contributed by atoms with E-state index in [0.717, 1.165) is 5.56 Å². The Morgan fingerprint density at radius 1 is 1.11 bits per heavy atom. The van der Waals surface area contributed by atoms with Crippen molar-refractivity contribution in [3.8, 4) is 5.75 Å². The largest absolute Gasteiger partial charge is 0.497 e. The summed E-state index contributed by atoms with van der Waals surface area (Å²) in [5.41, 5.74) is 2.12. The first-order valence-corrected chi connectivity index (χ1v) is 15.3. The highest BCUT2D eigenvalue weighted by Crippen LogP contribution is 2.35. The van der Waals surface area contributed by atoms with Gasteiger partial charge in [-0.1, -0.05) is 53.8 Å². The maximum atomic E-state index is 14.1. The van der Waals surface area contributed by atoms with Crippen LogP contribution in [0.1, 0.15) is 35.5 Å². The van der Waals surface area contributed by atoms with Gasteiger partial charge in [-0.2, -0.15) is 0 Å². The smallest absolute Gasteiger partial charge is 0.338 e. The molecular weight excluding hydrogens is 601 g/mol. The van der Waals surface area contributed by atoms with Gasteiger partial charge in [-0.15, -0.1) is 0 Å². The van der Waals surface area contributed by atoms with Crippen LogP contribution in [0.5, 0.6) is 5.75 Å². The number of thiazole rings is 1. The van der Waals surface area contributed by atoms with Crippen LogP contribution in [0.4, 0.5) is 0 Å². The van der Waals surface area contributed by atoms with Crippen LogP contribution in [0.2, 0.25) is 0 Å². The van der Waals surface area contributed by atoms with Crippen molar-refractivity contribution in [1.29, 1.82) is 0 Å². The van der Waals surface area contributed by atoms with Crippen molar-refractivity contribution in [3.05, 3.63) is 131 Å². The first-order chi connectivity index (χ1) is 21.3. The number of rotatable bonds is 8. The summed E-state index contributed by atoms with van der Waals surface area (Å²) in [4.78, 5) is 51.7. The average molecular weight is 627 g/mol. The van der Waals surface area contributed by atoms with E-state index in [1.807, 2.05) is 42.5 Å². The Kier molecular flexibility index (Phi) is 8.18. The molecule has 0 saturated heterocycles. The molecule has 6 rings (SSSR count). The van der Waals surface area contributed by atoms with Crippen molar-refractivity contribution in [3.63, 3.8) is 0 Å². The maximum absolute atomic E-state index is 14.1. The summed E-state index contributed by atoms with van der Waals surface area (Å²) in [7, 11) is 1.57. The van der Waals surface area contributed by atoms with E-state index in [1.54, 1.807) is 51.3 Å². The molecule has 222 valence electrons. The van der Waals surface area contributed by atoms with Gasteiger partial charge in [0.1, 0.15) is 11.5 Å². The lowest BCUT2D eigenvalue weighted by Crippen LogP contribution is -2.40. The fourth-order valence-corrected chi connectivity index (χ4v) is 6.62. The van der Waals surface area contributed by atoms with Crippen LogP contribution in [-0.2, 0) is 9.53 Å². The van der Waals surface area contributed by atoms with Crippen molar-refractivity contribution in [2.75, 3.05) is 13.7 Å². The molecule has 0 fully saturated rings. The van der Waals surface area contributed by atoms with Crippen LogP contribution >= 0.6 is 23.1 Å². The number of furan rings is 1. The molecule has 1 N–H and O–H groups in total. The lowest BCUT2D eigenvalue weighted by atomic mass is 9.93. The highest BCUT2D eigenvalue weighted by Gasteiger charge is 2.35. The molecule has 44 heavy (non-hydrogen) atoms. The van der Waals surface area contributed by atoms with E-state index in [0.29, 0.717) is 48.0 Å². The first-order valence-electron chi connectivity index (χ1n) is 13.6. The van der Waals surface area contributed by atoms with Gasteiger partial charge < -0.3 is 18.9 Å². The predicted octanol–water partition coefficient (Wildman–Crippen LogP) is 4.08. The summed E-state index contributed by atoms with van der Waals surface area (Å²) < 4.78 is 18.7. The standard InChI is InChI=1S/C32H26N4O6S2/c1-4-41-30(39)26-27(19-8-6-5-7-9-19)35-32-36(28(26)20-10-12-21(40-3)13-11-20)29(38)23(43-32)17-22-14-15-25(42-22)44-31-33-18(2)16-24(37)34-31/h5-17,28H,4H2,1-3H3,(H,33,34,37)/b23-17+/t28-/m1/s1. The van der Waals surface area contributed by atoms with Gasteiger partial charge in [0.05, 0.1) is 35.6 Å².